The lowest BCUT2D eigenvalue weighted by molar-refractivity contribution is 0.477. The number of hydrogen-bond donors (Lipinski definition) is 2. The number of nitrogens with one attached hydrogen (secondary N) is 1. The molecule has 0 amide bonds. The van der Waals surface area contributed by atoms with Gasteiger partial charge in [-0.05, 0) is 25.0 Å². The van der Waals surface area contributed by atoms with Crippen LogP contribution in [-0.2, 0) is 7.05 Å². The summed E-state index contributed by atoms with van der Waals surface area (Å²) in [5, 5.41) is 25.8. The minimum absolute atomic E-state index is 0.0916. The predicted octanol–water partition coefficient (Wildman–Crippen LogP) is 1.61. The second-order valence-corrected chi connectivity index (χ2v) is 5.56. The van der Waals surface area contributed by atoms with Crippen molar-refractivity contribution < 1.29 is 5.11 Å². The molecule has 4 rings (SSSR count). The van der Waals surface area contributed by atoms with E-state index in [4.69, 9.17) is 0 Å². The second kappa shape index (κ2) is 5.31. The average Bonchev–Trinajstić information content (AvgIpc) is 3.26. The minimum Gasteiger partial charge on any atom is -0.507 e. The van der Waals surface area contributed by atoms with Crippen LogP contribution in [0, 0.1) is 0 Å². The smallest absolute Gasteiger partial charge is 0.242 e. The van der Waals surface area contributed by atoms with Crippen LogP contribution in [0.5, 0.6) is 5.75 Å². The lowest BCUT2D eigenvalue weighted by atomic mass is 10.1. The van der Waals surface area contributed by atoms with Crippen molar-refractivity contribution in [2.75, 3.05) is 5.32 Å². The van der Waals surface area contributed by atoms with E-state index in [0.29, 0.717) is 29.1 Å². The van der Waals surface area contributed by atoms with E-state index < -0.39 is 0 Å². The van der Waals surface area contributed by atoms with Crippen molar-refractivity contribution in [3.63, 3.8) is 0 Å². The van der Waals surface area contributed by atoms with E-state index >= 15 is 0 Å². The predicted molar refractivity (Wildman–Crippen MR) is 83.6 cm³/mol. The molecule has 23 heavy (non-hydrogen) atoms. The zero-order chi connectivity index (χ0) is 15.8. The third-order valence-corrected chi connectivity index (χ3v) is 3.60. The number of benzene rings is 1. The molecule has 1 aliphatic carbocycles. The molecule has 8 heteroatoms. The van der Waals surface area contributed by atoms with E-state index in [-0.39, 0.29) is 5.75 Å². The maximum atomic E-state index is 10.3. The van der Waals surface area contributed by atoms with Gasteiger partial charge in [0, 0.05) is 24.2 Å². The molecule has 0 bridgehead atoms. The molecule has 1 aliphatic rings. The van der Waals surface area contributed by atoms with Crippen LogP contribution in [0.4, 0.5) is 5.95 Å². The molecule has 0 saturated heterocycles. The highest BCUT2D eigenvalue weighted by Gasteiger charge is 2.22. The molecule has 3 aromatic rings. The van der Waals surface area contributed by atoms with E-state index in [2.05, 4.69) is 30.6 Å². The molecule has 1 aromatic carbocycles. The van der Waals surface area contributed by atoms with Crippen molar-refractivity contribution in [2.24, 2.45) is 7.05 Å². The van der Waals surface area contributed by atoms with Crippen molar-refractivity contribution in [1.29, 1.82) is 0 Å². The monoisotopic (exact) mass is 309 g/mol. The first kappa shape index (κ1) is 13.6. The summed E-state index contributed by atoms with van der Waals surface area (Å²) in [5.41, 5.74) is 1.83. The Kier molecular flexibility index (Phi) is 3.14. The molecule has 0 spiro atoms. The van der Waals surface area contributed by atoms with E-state index in [1.54, 1.807) is 36.4 Å². The second-order valence-electron chi connectivity index (χ2n) is 5.56. The van der Waals surface area contributed by atoms with Gasteiger partial charge in [-0.3, -0.25) is 4.68 Å². The van der Waals surface area contributed by atoms with E-state index in [1.165, 1.54) is 0 Å². The van der Waals surface area contributed by atoms with Gasteiger partial charge in [0.25, 0.3) is 0 Å². The van der Waals surface area contributed by atoms with Crippen LogP contribution in [0.1, 0.15) is 12.8 Å². The molecule has 2 heterocycles. The van der Waals surface area contributed by atoms with Gasteiger partial charge in [0.1, 0.15) is 17.8 Å². The zero-order valence-electron chi connectivity index (χ0n) is 12.5. The van der Waals surface area contributed by atoms with Crippen LogP contribution in [0.15, 0.2) is 30.7 Å². The Hall–Kier alpha value is -3.03. The maximum Gasteiger partial charge on any atom is 0.242 e. The summed E-state index contributed by atoms with van der Waals surface area (Å²) in [6, 6.07) is 5.69. The molecule has 2 N–H and O–H groups in total. The van der Waals surface area contributed by atoms with Gasteiger partial charge in [-0.25, -0.2) is 9.97 Å². The number of nitrogens with zero attached hydrogens (tertiary/aromatic N) is 6. The number of aromatic nitrogens is 6. The molecule has 2 aromatic heterocycles. The number of rotatable bonds is 4. The Morgan fingerprint density at radius 2 is 2.09 bits per heavy atom. The molecular weight excluding hydrogens is 294 g/mol. The van der Waals surface area contributed by atoms with Crippen LogP contribution in [-0.4, -0.2) is 41.1 Å². The van der Waals surface area contributed by atoms with Crippen LogP contribution >= 0.6 is 0 Å². The van der Waals surface area contributed by atoms with Crippen molar-refractivity contribution in [3.8, 4) is 28.4 Å². The van der Waals surface area contributed by atoms with Crippen LogP contribution in [0.3, 0.4) is 0 Å². The van der Waals surface area contributed by atoms with Gasteiger partial charge in [-0.15, -0.1) is 10.2 Å². The van der Waals surface area contributed by atoms with Gasteiger partial charge in [-0.1, -0.05) is 6.07 Å². The van der Waals surface area contributed by atoms with E-state index in [9.17, 15) is 5.11 Å². The number of phenolic OH excluding ortho intramolecular Hbond substituents is 1. The molecule has 0 atom stereocenters. The SMILES string of the molecule is Cn1cnc(-c2ccc(-c3cnc(NC4CC4)nn3)c(O)c2)n1. The molecule has 0 radical (unpaired) electrons. The molecule has 1 fully saturated rings. The zero-order valence-corrected chi connectivity index (χ0v) is 12.5. The summed E-state index contributed by atoms with van der Waals surface area (Å²) in [7, 11) is 1.79. The van der Waals surface area contributed by atoms with Gasteiger partial charge < -0.3 is 10.4 Å². The average molecular weight is 309 g/mol. The first-order chi connectivity index (χ1) is 11.2. The number of aromatic hydroxyl groups is 1. The first-order valence-electron chi connectivity index (χ1n) is 7.35. The Balaban J connectivity index is 1.60. The summed E-state index contributed by atoms with van der Waals surface area (Å²) in [5.74, 6) is 1.17. The molecule has 8 nitrogen and oxygen atoms in total. The molecule has 116 valence electrons. The van der Waals surface area contributed by atoms with Crippen molar-refractivity contribution in [2.45, 2.75) is 18.9 Å². The lowest BCUT2D eigenvalue weighted by Gasteiger charge is -2.06. The third kappa shape index (κ3) is 2.83. The van der Waals surface area contributed by atoms with Crippen molar-refractivity contribution in [3.05, 3.63) is 30.7 Å². The number of phenols is 1. The normalized spacial score (nSPS) is 14.0. The summed E-state index contributed by atoms with van der Waals surface area (Å²) >= 11 is 0. The highest BCUT2D eigenvalue weighted by Crippen LogP contribution is 2.31. The fourth-order valence-corrected chi connectivity index (χ4v) is 2.23. The van der Waals surface area contributed by atoms with Gasteiger partial charge in [-0.2, -0.15) is 5.10 Å². The highest BCUT2D eigenvalue weighted by atomic mass is 16.3. The molecular formula is C15H15N7O. The van der Waals surface area contributed by atoms with E-state index in [1.807, 2.05) is 6.07 Å². The fraction of sp³-hybridized carbons (Fsp3) is 0.267. The molecule has 1 saturated carbocycles. The molecule has 0 unspecified atom stereocenters. The van der Waals surface area contributed by atoms with Crippen molar-refractivity contribution in [1.82, 2.24) is 29.9 Å². The largest absolute Gasteiger partial charge is 0.507 e. The van der Waals surface area contributed by atoms with Gasteiger partial charge in [0.2, 0.25) is 5.95 Å². The van der Waals surface area contributed by atoms with Crippen LogP contribution < -0.4 is 5.32 Å². The third-order valence-electron chi connectivity index (χ3n) is 3.60. The topological polar surface area (TPSA) is 102 Å². The number of aryl methyl sites for hydroxylation is 1. The summed E-state index contributed by atoms with van der Waals surface area (Å²) < 4.78 is 1.61. The summed E-state index contributed by atoms with van der Waals surface area (Å²) in [6.45, 7) is 0. The van der Waals surface area contributed by atoms with Crippen molar-refractivity contribution >= 4 is 5.95 Å². The Bertz CT molecular complexity index is 839. The summed E-state index contributed by atoms with van der Waals surface area (Å²) in [6.07, 6.45) is 5.51. The fourth-order valence-electron chi connectivity index (χ4n) is 2.23. The van der Waals surface area contributed by atoms with Crippen LogP contribution in [0.2, 0.25) is 0 Å². The minimum atomic E-state index is 0.0916. The maximum absolute atomic E-state index is 10.3. The molecule has 0 aliphatic heterocycles. The number of anilines is 1. The Morgan fingerprint density at radius 1 is 1.22 bits per heavy atom. The Labute approximate surface area is 132 Å². The van der Waals surface area contributed by atoms with E-state index in [0.717, 1.165) is 18.4 Å². The number of hydrogen-bond acceptors (Lipinski definition) is 7. The summed E-state index contributed by atoms with van der Waals surface area (Å²) in [4.78, 5) is 8.40. The first-order valence-corrected chi connectivity index (χ1v) is 7.35. The van der Waals surface area contributed by atoms with Gasteiger partial charge in [0.15, 0.2) is 5.82 Å². The lowest BCUT2D eigenvalue weighted by Crippen LogP contribution is -2.06. The van der Waals surface area contributed by atoms with Gasteiger partial charge in [0.05, 0.1) is 6.20 Å². The van der Waals surface area contributed by atoms with Crippen LogP contribution in [0.25, 0.3) is 22.6 Å². The standard InChI is InChI=1S/C15H15N7O/c1-22-8-17-14(21-22)9-2-5-11(13(23)6-9)12-7-16-15(20-19-12)18-10-3-4-10/h2,5-8,10,23H,3-4H2,1H3,(H,16,18,20). The highest BCUT2D eigenvalue weighted by molar-refractivity contribution is 5.71. The van der Waals surface area contributed by atoms with Gasteiger partial charge >= 0.3 is 0 Å². The Morgan fingerprint density at radius 3 is 2.70 bits per heavy atom. The quantitative estimate of drug-likeness (QED) is 0.755.